The van der Waals surface area contributed by atoms with Crippen LogP contribution in [0.15, 0.2) is 54.6 Å². The highest BCUT2D eigenvalue weighted by atomic mass is 32.2. The van der Waals surface area contributed by atoms with E-state index in [9.17, 15) is 5.11 Å². The quantitative estimate of drug-likeness (QED) is 0.860. The van der Waals surface area contributed by atoms with Crippen molar-refractivity contribution in [2.24, 2.45) is 0 Å². The number of hydrogen-bond acceptors (Lipinski definition) is 4. The molecule has 2 atom stereocenters. The van der Waals surface area contributed by atoms with Crippen LogP contribution in [-0.4, -0.2) is 29.4 Å². The van der Waals surface area contributed by atoms with Crippen LogP contribution in [0.1, 0.15) is 17.2 Å². The van der Waals surface area contributed by atoms with Crippen molar-refractivity contribution < 1.29 is 9.84 Å². The molecule has 0 aliphatic carbocycles. The minimum Gasteiger partial charge on any atom is -0.491 e. The lowest BCUT2D eigenvalue weighted by Gasteiger charge is -2.13. The fourth-order valence-electron chi connectivity index (χ4n) is 2.52. The second-order valence-corrected chi connectivity index (χ2v) is 6.76. The summed E-state index contributed by atoms with van der Waals surface area (Å²) in [6.45, 7) is 1.36. The van der Waals surface area contributed by atoms with Crippen LogP contribution in [-0.2, 0) is 6.42 Å². The Hall–Kier alpha value is -1.49. The Bertz CT molecular complexity index is 567. The molecule has 1 aliphatic heterocycles. The number of hydrogen-bond donors (Lipinski definition) is 2. The summed E-state index contributed by atoms with van der Waals surface area (Å²) in [7, 11) is 0. The number of nitrogens with one attached hydrogen (secondary N) is 1. The molecule has 1 saturated heterocycles. The zero-order valence-electron chi connectivity index (χ0n) is 12.4. The van der Waals surface area contributed by atoms with Gasteiger partial charge in [0.2, 0.25) is 0 Å². The van der Waals surface area contributed by atoms with Crippen LogP contribution >= 0.6 is 11.8 Å². The van der Waals surface area contributed by atoms with Gasteiger partial charge in [0.1, 0.15) is 18.5 Å². The maximum Gasteiger partial charge on any atom is 0.119 e. The molecule has 1 aliphatic rings. The van der Waals surface area contributed by atoms with Gasteiger partial charge in [0.15, 0.2) is 0 Å². The van der Waals surface area contributed by atoms with Crippen molar-refractivity contribution in [1.82, 2.24) is 5.32 Å². The molecular formula is C18H21NO2S. The van der Waals surface area contributed by atoms with E-state index in [-0.39, 0.29) is 6.61 Å². The van der Waals surface area contributed by atoms with Crippen molar-refractivity contribution in [3.63, 3.8) is 0 Å². The molecule has 1 fully saturated rings. The number of aliphatic hydroxyl groups excluding tert-OH is 1. The molecule has 116 valence electrons. The zero-order chi connectivity index (χ0) is 15.2. The molecular weight excluding hydrogens is 294 g/mol. The topological polar surface area (TPSA) is 41.5 Å². The molecule has 0 aromatic heterocycles. The first kappa shape index (κ1) is 15.4. The monoisotopic (exact) mass is 315 g/mol. The summed E-state index contributed by atoms with van der Waals surface area (Å²) >= 11 is 1.98. The van der Waals surface area contributed by atoms with Crippen molar-refractivity contribution in [3.8, 4) is 5.75 Å². The molecule has 0 bridgehead atoms. The van der Waals surface area contributed by atoms with E-state index in [1.165, 1.54) is 5.56 Å². The Morgan fingerprint density at radius 2 is 1.91 bits per heavy atom. The van der Waals surface area contributed by atoms with Gasteiger partial charge < -0.3 is 15.2 Å². The molecule has 2 aromatic rings. The second kappa shape index (κ2) is 7.68. The Morgan fingerprint density at radius 3 is 2.59 bits per heavy atom. The predicted octanol–water partition coefficient (Wildman–Crippen LogP) is 3.00. The summed E-state index contributed by atoms with van der Waals surface area (Å²) in [4.78, 5) is 0. The van der Waals surface area contributed by atoms with E-state index in [1.54, 1.807) is 0 Å². The van der Waals surface area contributed by atoms with Gasteiger partial charge in [0.25, 0.3) is 0 Å². The zero-order valence-corrected chi connectivity index (χ0v) is 13.3. The maximum atomic E-state index is 10.1. The van der Waals surface area contributed by atoms with Crippen LogP contribution in [0.2, 0.25) is 0 Å². The van der Waals surface area contributed by atoms with E-state index >= 15 is 0 Å². The van der Waals surface area contributed by atoms with Gasteiger partial charge in [0, 0.05) is 17.7 Å². The lowest BCUT2D eigenvalue weighted by atomic mass is 10.1. The lowest BCUT2D eigenvalue weighted by Crippen LogP contribution is -2.14. The Kier molecular flexibility index (Phi) is 5.38. The van der Waals surface area contributed by atoms with Gasteiger partial charge in [-0.1, -0.05) is 42.5 Å². The summed E-state index contributed by atoms with van der Waals surface area (Å²) in [5.74, 6) is 1.86. The van der Waals surface area contributed by atoms with E-state index < -0.39 is 6.10 Å². The van der Waals surface area contributed by atoms with Crippen LogP contribution in [0, 0.1) is 0 Å². The van der Waals surface area contributed by atoms with Crippen LogP contribution in [0.3, 0.4) is 0 Å². The summed E-state index contributed by atoms with van der Waals surface area (Å²) in [6.07, 6.45) is 0.492. The molecule has 2 N–H and O–H groups in total. The molecule has 3 nitrogen and oxygen atoms in total. The fraction of sp³-hybridized carbons (Fsp3) is 0.333. The molecule has 2 unspecified atom stereocenters. The van der Waals surface area contributed by atoms with Gasteiger partial charge in [-0.3, -0.25) is 0 Å². The Morgan fingerprint density at radius 1 is 1.14 bits per heavy atom. The first-order chi connectivity index (χ1) is 10.8. The van der Waals surface area contributed by atoms with E-state index in [0.29, 0.717) is 5.25 Å². The predicted molar refractivity (Wildman–Crippen MR) is 91.3 cm³/mol. The normalized spacial score (nSPS) is 19.0. The average Bonchev–Trinajstić information content (AvgIpc) is 3.08. The minimum atomic E-state index is -0.596. The highest BCUT2D eigenvalue weighted by Crippen LogP contribution is 2.22. The number of ether oxygens (including phenoxy) is 1. The van der Waals surface area contributed by atoms with Crippen LogP contribution in [0.4, 0.5) is 0 Å². The third kappa shape index (κ3) is 4.26. The molecule has 0 radical (unpaired) electrons. The van der Waals surface area contributed by atoms with Gasteiger partial charge in [-0.15, -0.1) is 11.8 Å². The number of thioether (sulfide) groups is 1. The third-order valence-electron chi connectivity index (χ3n) is 3.77. The Balaban J connectivity index is 1.50. The Labute approximate surface area is 135 Å². The minimum absolute atomic E-state index is 0.270. The van der Waals surface area contributed by atoms with Gasteiger partial charge in [0.05, 0.1) is 0 Å². The van der Waals surface area contributed by atoms with Crippen LogP contribution in [0.25, 0.3) is 0 Å². The van der Waals surface area contributed by atoms with Crippen LogP contribution in [0.5, 0.6) is 5.75 Å². The summed E-state index contributed by atoms with van der Waals surface area (Å²) < 4.78 is 5.68. The van der Waals surface area contributed by atoms with Gasteiger partial charge in [-0.05, 0) is 29.7 Å². The summed E-state index contributed by atoms with van der Waals surface area (Å²) in [6, 6.07) is 17.8. The molecule has 0 amide bonds. The largest absolute Gasteiger partial charge is 0.491 e. The molecule has 22 heavy (non-hydrogen) atoms. The van der Waals surface area contributed by atoms with Gasteiger partial charge in [-0.25, -0.2) is 0 Å². The molecule has 2 aromatic carbocycles. The molecule has 0 spiro atoms. The first-order valence-electron chi connectivity index (χ1n) is 7.58. The number of rotatable bonds is 6. The highest BCUT2D eigenvalue weighted by molar-refractivity contribution is 8.00. The van der Waals surface area contributed by atoms with E-state index in [4.69, 9.17) is 4.74 Å². The highest BCUT2D eigenvalue weighted by Gasteiger charge is 2.15. The fourth-order valence-corrected chi connectivity index (χ4v) is 3.54. The standard InChI is InChI=1S/C18H21NO2S/c20-18(15-4-2-1-3-5-15)12-21-16-8-6-14(7-9-16)10-17-11-19-13-22-17/h1-9,17-20H,10-13H2. The smallest absolute Gasteiger partial charge is 0.119 e. The molecule has 0 saturated carbocycles. The van der Waals surface area contributed by atoms with Crippen molar-refractivity contribution in [1.29, 1.82) is 0 Å². The molecule has 3 rings (SSSR count). The summed E-state index contributed by atoms with van der Waals surface area (Å²) in [5, 5.41) is 14.1. The van der Waals surface area contributed by atoms with Gasteiger partial charge in [-0.2, -0.15) is 0 Å². The van der Waals surface area contributed by atoms with E-state index in [1.807, 2.05) is 54.2 Å². The lowest BCUT2D eigenvalue weighted by molar-refractivity contribution is 0.108. The SMILES string of the molecule is OC(COc1ccc(CC2CNCS2)cc1)c1ccccc1. The van der Waals surface area contributed by atoms with Crippen molar-refractivity contribution in [3.05, 3.63) is 65.7 Å². The van der Waals surface area contributed by atoms with Crippen molar-refractivity contribution in [2.75, 3.05) is 19.0 Å². The average molecular weight is 315 g/mol. The number of benzene rings is 2. The van der Waals surface area contributed by atoms with E-state index in [2.05, 4.69) is 17.4 Å². The number of aliphatic hydroxyl groups is 1. The van der Waals surface area contributed by atoms with E-state index in [0.717, 1.165) is 30.2 Å². The van der Waals surface area contributed by atoms with Gasteiger partial charge >= 0.3 is 0 Å². The van der Waals surface area contributed by atoms with Crippen LogP contribution < -0.4 is 10.1 Å². The summed E-state index contributed by atoms with van der Waals surface area (Å²) in [5.41, 5.74) is 2.21. The molecule has 4 heteroatoms. The third-order valence-corrected chi connectivity index (χ3v) is 4.95. The second-order valence-electron chi connectivity index (χ2n) is 5.47. The van der Waals surface area contributed by atoms with Crippen molar-refractivity contribution in [2.45, 2.75) is 17.8 Å². The first-order valence-corrected chi connectivity index (χ1v) is 8.63. The molecule has 1 heterocycles. The maximum absolute atomic E-state index is 10.1. The van der Waals surface area contributed by atoms with Crippen molar-refractivity contribution >= 4 is 11.8 Å².